The van der Waals surface area contributed by atoms with E-state index in [-0.39, 0.29) is 0 Å². The lowest BCUT2D eigenvalue weighted by molar-refractivity contribution is 0.198. The summed E-state index contributed by atoms with van der Waals surface area (Å²) >= 11 is 0. The van der Waals surface area contributed by atoms with E-state index < -0.39 is 6.10 Å². The van der Waals surface area contributed by atoms with Gasteiger partial charge in [-0.2, -0.15) is 5.10 Å². The fourth-order valence-electron chi connectivity index (χ4n) is 2.28. The van der Waals surface area contributed by atoms with Crippen molar-refractivity contribution in [1.29, 1.82) is 0 Å². The first-order valence-electron chi connectivity index (χ1n) is 5.89. The first-order chi connectivity index (χ1) is 7.16. The summed E-state index contributed by atoms with van der Waals surface area (Å²) in [4.78, 5) is 0. The Kier molecular flexibility index (Phi) is 3.10. The summed E-state index contributed by atoms with van der Waals surface area (Å²) in [6.45, 7) is 4.10. The number of hydrogen-bond acceptors (Lipinski definition) is 2. The SMILES string of the molecule is CC1CCC(n2cc(C(C)O)cn2)CC1. The topological polar surface area (TPSA) is 38.0 Å². The van der Waals surface area contributed by atoms with Gasteiger partial charge in [0, 0.05) is 11.8 Å². The number of hydrogen-bond donors (Lipinski definition) is 1. The lowest BCUT2D eigenvalue weighted by Gasteiger charge is -2.26. The summed E-state index contributed by atoms with van der Waals surface area (Å²) in [5.41, 5.74) is 0.925. The molecule has 2 rings (SSSR count). The normalized spacial score (nSPS) is 29.0. The third-order valence-electron chi connectivity index (χ3n) is 3.46. The van der Waals surface area contributed by atoms with Crippen molar-refractivity contribution in [3.63, 3.8) is 0 Å². The van der Waals surface area contributed by atoms with Crippen molar-refractivity contribution in [2.24, 2.45) is 5.92 Å². The van der Waals surface area contributed by atoms with Gasteiger partial charge in [0.2, 0.25) is 0 Å². The van der Waals surface area contributed by atoms with Crippen LogP contribution < -0.4 is 0 Å². The average molecular weight is 208 g/mol. The van der Waals surface area contributed by atoms with Crippen molar-refractivity contribution >= 4 is 0 Å². The van der Waals surface area contributed by atoms with Gasteiger partial charge in [-0.1, -0.05) is 6.92 Å². The van der Waals surface area contributed by atoms with Crippen LogP contribution in [0.4, 0.5) is 0 Å². The lowest BCUT2D eigenvalue weighted by atomic mass is 9.87. The largest absolute Gasteiger partial charge is 0.389 e. The Morgan fingerprint density at radius 2 is 2.07 bits per heavy atom. The Morgan fingerprint density at radius 3 is 2.60 bits per heavy atom. The molecule has 0 aliphatic heterocycles. The van der Waals surface area contributed by atoms with Gasteiger partial charge < -0.3 is 5.11 Å². The van der Waals surface area contributed by atoms with Crippen LogP contribution in [0.5, 0.6) is 0 Å². The maximum Gasteiger partial charge on any atom is 0.0792 e. The van der Waals surface area contributed by atoms with Crippen molar-refractivity contribution < 1.29 is 5.11 Å². The Hall–Kier alpha value is -0.830. The Bertz CT molecular complexity index is 311. The van der Waals surface area contributed by atoms with Crippen molar-refractivity contribution in [3.05, 3.63) is 18.0 Å². The summed E-state index contributed by atoms with van der Waals surface area (Å²) in [7, 11) is 0. The van der Waals surface area contributed by atoms with E-state index in [9.17, 15) is 5.11 Å². The summed E-state index contributed by atoms with van der Waals surface area (Å²) in [6.07, 6.45) is 8.42. The van der Waals surface area contributed by atoms with E-state index in [0.29, 0.717) is 6.04 Å². The molecule has 3 heteroatoms. The Balaban J connectivity index is 2.03. The summed E-state index contributed by atoms with van der Waals surface area (Å²) in [5, 5.41) is 13.8. The van der Waals surface area contributed by atoms with Gasteiger partial charge in [-0.15, -0.1) is 0 Å². The molecule has 0 aromatic carbocycles. The maximum absolute atomic E-state index is 9.42. The molecule has 0 saturated heterocycles. The zero-order valence-corrected chi connectivity index (χ0v) is 9.56. The molecule has 1 aliphatic carbocycles. The highest BCUT2D eigenvalue weighted by Gasteiger charge is 2.20. The van der Waals surface area contributed by atoms with Crippen molar-refractivity contribution in [3.8, 4) is 0 Å². The first kappa shape index (κ1) is 10.7. The predicted octanol–water partition coefficient (Wildman–Crippen LogP) is 2.69. The molecule has 1 heterocycles. The van der Waals surface area contributed by atoms with E-state index in [4.69, 9.17) is 0 Å². The number of nitrogens with zero attached hydrogens (tertiary/aromatic N) is 2. The number of aliphatic hydroxyl groups is 1. The maximum atomic E-state index is 9.42. The van der Waals surface area contributed by atoms with E-state index in [1.165, 1.54) is 25.7 Å². The fourth-order valence-corrected chi connectivity index (χ4v) is 2.28. The fraction of sp³-hybridized carbons (Fsp3) is 0.750. The second-order valence-electron chi connectivity index (χ2n) is 4.84. The van der Waals surface area contributed by atoms with Gasteiger partial charge in [0.05, 0.1) is 18.3 Å². The van der Waals surface area contributed by atoms with Crippen LogP contribution in [0.15, 0.2) is 12.4 Å². The van der Waals surface area contributed by atoms with Gasteiger partial charge in [0.25, 0.3) is 0 Å². The third kappa shape index (κ3) is 2.40. The molecule has 1 unspecified atom stereocenters. The molecule has 1 aliphatic rings. The molecule has 3 nitrogen and oxygen atoms in total. The van der Waals surface area contributed by atoms with E-state index in [1.807, 2.05) is 10.9 Å². The predicted molar refractivity (Wildman–Crippen MR) is 59.5 cm³/mol. The smallest absolute Gasteiger partial charge is 0.0792 e. The minimum absolute atomic E-state index is 0.402. The van der Waals surface area contributed by atoms with Crippen LogP contribution in [0.3, 0.4) is 0 Å². The van der Waals surface area contributed by atoms with Gasteiger partial charge in [-0.25, -0.2) is 0 Å². The van der Waals surface area contributed by atoms with Crippen LogP contribution in [-0.2, 0) is 0 Å². The molecular formula is C12H20N2O. The molecule has 0 radical (unpaired) electrons. The minimum atomic E-state index is -0.402. The van der Waals surface area contributed by atoms with E-state index in [0.717, 1.165) is 11.5 Å². The molecule has 84 valence electrons. The van der Waals surface area contributed by atoms with Gasteiger partial charge in [0.1, 0.15) is 0 Å². The highest BCUT2D eigenvalue weighted by molar-refractivity contribution is 5.07. The van der Waals surface area contributed by atoms with Crippen molar-refractivity contribution in [1.82, 2.24) is 9.78 Å². The monoisotopic (exact) mass is 208 g/mol. The molecule has 1 N–H and O–H groups in total. The summed E-state index contributed by atoms with van der Waals surface area (Å²) in [5.74, 6) is 0.869. The van der Waals surface area contributed by atoms with Crippen molar-refractivity contribution in [2.75, 3.05) is 0 Å². The second-order valence-corrected chi connectivity index (χ2v) is 4.84. The molecular weight excluding hydrogens is 188 g/mol. The third-order valence-corrected chi connectivity index (χ3v) is 3.46. The van der Waals surface area contributed by atoms with Crippen LogP contribution in [0, 0.1) is 5.92 Å². The number of aromatic nitrogens is 2. The van der Waals surface area contributed by atoms with Gasteiger partial charge in [0.15, 0.2) is 0 Å². The molecule has 1 saturated carbocycles. The van der Waals surface area contributed by atoms with Crippen molar-refractivity contribution in [2.45, 2.75) is 51.7 Å². The standard InChI is InChI=1S/C12H20N2O/c1-9-3-5-12(6-4-9)14-8-11(7-13-14)10(2)15/h7-10,12,15H,3-6H2,1-2H3. The van der Waals surface area contributed by atoms with Crippen LogP contribution in [0.2, 0.25) is 0 Å². The zero-order valence-electron chi connectivity index (χ0n) is 9.56. The lowest BCUT2D eigenvalue weighted by Crippen LogP contribution is -2.17. The van der Waals surface area contributed by atoms with Crippen LogP contribution in [0.1, 0.15) is 57.2 Å². The molecule has 0 spiro atoms. The molecule has 1 aromatic heterocycles. The van der Waals surface area contributed by atoms with Gasteiger partial charge in [-0.3, -0.25) is 4.68 Å². The van der Waals surface area contributed by atoms with Crippen LogP contribution >= 0.6 is 0 Å². The zero-order chi connectivity index (χ0) is 10.8. The molecule has 0 bridgehead atoms. The van der Waals surface area contributed by atoms with Crippen LogP contribution in [-0.4, -0.2) is 14.9 Å². The highest BCUT2D eigenvalue weighted by atomic mass is 16.3. The van der Waals surface area contributed by atoms with E-state index in [2.05, 4.69) is 12.0 Å². The highest BCUT2D eigenvalue weighted by Crippen LogP contribution is 2.31. The van der Waals surface area contributed by atoms with Gasteiger partial charge in [-0.05, 0) is 38.5 Å². The van der Waals surface area contributed by atoms with E-state index in [1.54, 1.807) is 13.1 Å². The molecule has 1 fully saturated rings. The number of aliphatic hydroxyl groups excluding tert-OH is 1. The molecule has 15 heavy (non-hydrogen) atoms. The van der Waals surface area contributed by atoms with Gasteiger partial charge >= 0.3 is 0 Å². The first-order valence-corrected chi connectivity index (χ1v) is 5.89. The Morgan fingerprint density at radius 1 is 1.40 bits per heavy atom. The minimum Gasteiger partial charge on any atom is -0.389 e. The second kappa shape index (κ2) is 4.35. The average Bonchev–Trinajstić information content (AvgIpc) is 2.68. The quantitative estimate of drug-likeness (QED) is 0.811. The molecule has 0 amide bonds. The summed E-state index contributed by atoms with van der Waals surface area (Å²) in [6, 6.07) is 0.550. The Labute approximate surface area is 91.1 Å². The molecule has 1 aromatic rings. The number of rotatable bonds is 2. The van der Waals surface area contributed by atoms with E-state index >= 15 is 0 Å². The van der Waals surface area contributed by atoms with Crippen LogP contribution in [0.25, 0.3) is 0 Å². The molecule has 1 atom stereocenters. The summed E-state index contributed by atoms with van der Waals surface area (Å²) < 4.78 is 2.04.